The molecule has 128 valence electrons. The summed E-state index contributed by atoms with van der Waals surface area (Å²) in [7, 11) is 0. The van der Waals surface area contributed by atoms with Crippen molar-refractivity contribution in [3.63, 3.8) is 0 Å². The Bertz CT molecular complexity index is 214. The lowest BCUT2D eigenvalue weighted by atomic mass is 10.7. The van der Waals surface area contributed by atoms with Crippen molar-refractivity contribution in [1.82, 2.24) is 0 Å². The number of hydrogen-bond donors (Lipinski definition) is 2. The van der Waals surface area contributed by atoms with Gasteiger partial charge in [0.1, 0.15) is 0 Å². The van der Waals surface area contributed by atoms with Crippen molar-refractivity contribution in [2.24, 2.45) is 0 Å². The summed E-state index contributed by atoms with van der Waals surface area (Å²) in [5.41, 5.74) is 0. The van der Waals surface area contributed by atoms with Gasteiger partial charge in [-0.2, -0.15) is 0 Å². The lowest BCUT2D eigenvalue weighted by Crippen LogP contribution is -2.20. The van der Waals surface area contributed by atoms with Crippen LogP contribution in [0.15, 0.2) is 0 Å². The quantitative estimate of drug-likeness (QED) is 0.267. The molecule has 0 fully saturated rings. The maximum Gasteiger partial charge on any atom is 0.198 e. The predicted molar refractivity (Wildman–Crippen MR) is 84.0 cm³/mol. The van der Waals surface area contributed by atoms with Crippen LogP contribution in [-0.2, 0) is 23.7 Å². The fourth-order valence-corrected chi connectivity index (χ4v) is 1.46. The van der Waals surface area contributed by atoms with Crippen LogP contribution in [0.1, 0.15) is 0 Å². The summed E-state index contributed by atoms with van der Waals surface area (Å²) < 4.78 is 24.8. The average Bonchev–Trinajstić information content (AvgIpc) is 2.42. The van der Waals surface area contributed by atoms with Gasteiger partial charge in [0, 0.05) is 0 Å². The summed E-state index contributed by atoms with van der Waals surface area (Å²) in [5.74, 6) is 0. The molecule has 0 unspecified atom stereocenters. The molecule has 0 heterocycles. The summed E-state index contributed by atoms with van der Waals surface area (Å²) in [4.78, 5) is 0. The van der Waals surface area contributed by atoms with Crippen LogP contribution in [0.2, 0.25) is 0 Å². The Labute approximate surface area is 142 Å². The van der Waals surface area contributed by atoms with Gasteiger partial charge in [-0.25, -0.2) is 0 Å². The zero-order chi connectivity index (χ0) is 15.8. The summed E-state index contributed by atoms with van der Waals surface area (Å²) in [6.07, 6.45) is 0. The molecule has 0 saturated carbocycles. The van der Waals surface area contributed by atoms with E-state index in [1.165, 1.54) is 0 Å². The maximum absolute atomic E-state index is 9.24. The molecule has 2 N–H and O–H groups in total. The number of aliphatic hydroxyl groups is 2. The first-order valence-electron chi connectivity index (χ1n) is 6.66. The summed E-state index contributed by atoms with van der Waals surface area (Å²) in [5, 5.41) is 17.7. The molecule has 9 heteroatoms. The Morgan fingerprint density at radius 1 is 0.619 bits per heavy atom. The van der Waals surface area contributed by atoms with E-state index in [1.807, 2.05) is 0 Å². The Balaban J connectivity index is 3.00. The SMILES string of the molecule is OCCOCCOCCOCCOCCOCC(O)(Br)Br. The van der Waals surface area contributed by atoms with Crippen molar-refractivity contribution < 1.29 is 33.9 Å². The predicted octanol–water partition coefficient (Wildman–Crippen LogP) is 0.498. The van der Waals surface area contributed by atoms with Gasteiger partial charge in [-0.1, -0.05) is 0 Å². The van der Waals surface area contributed by atoms with Crippen molar-refractivity contribution in [2.45, 2.75) is 3.42 Å². The first-order chi connectivity index (χ1) is 10.1. The van der Waals surface area contributed by atoms with Crippen LogP contribution in [0.5, 0.6) is 0 Å². The summed E-state index contributed by atoms with van der Waals surface area (Å²) in [6, 6.07) is 0. The van der Waals surface area contributed by atoms with Crippen molar-refractivity contribution >= 4 is 31.9 Å². The van der Waals surface area contributed by atoms with Crippen molar-refractivity contribution in [1.29, 1.82) is 0 Å². The van der Waals surface area contributed by atoms with Crippen LogP contribution in [0.25, 0.3) is 0 Å². The highest BCUT2D eigenvalue weighted by molar-refractivity contribution is 9.25. The smallest absolute Gasteiger partial charge is 0.198 e. The molecule has 0 bridgehead atoms. The van der Waals surface area contributed by atoms with E-state index in [0.29, 0.717) is 59.5 Å². The minimum Gasteiger partial charge on any atom is -0.394 e. The van der Waals surface area contributed by atoms with E-state index < -0.39 is 3.42 Å². The zero-order valence-corrected chi connectivity index (χ0v) is 15.1. The molecule has 0 aromatic carbocycles. The summed E-state index contributed by atoms with van der Waals surface area (Å²) in [6.45, 7) is 4.28. The number of halogens is 2. The number of rotatable bonds is 16. The fraction of sp³-hybridized carbons (Fsp3) is 1.00. The average molecular weight is 440 g/mol. The molecule has 0 aromatic rings. The van der Waals surface area contributed by atoms with Gasteiger partial charge >= 0.3 is 0 Å². The van der Waals surface area contributed by atoms with Crippen LogP contribution < -0.4 is 0 Å². The summed E-state index contributed by atoms with van der Waals surface area (Å²) >= 11 is 5.95. The second-order valence-corrected chi connectivity index (χ2v) is 7.58. The minimum absolute atomic E-state index is 0.0290. The Morgan fingerprint density at radius 3 is 1.29 bits per heavy atom. The number of aliphatic hydroxyl groups excluding tert-OH is 1. The monoisotopic (exact) mass is 438 g/mol. The number of alkyl halides is 2. The highest BCUT2D eigenvalue weighted by atomic mass is 79.9. The fourth-order valence-electron chi connectivity index (χ4n) is 1.14. The first kappa shape index (κ1) is 21.7. The van der Waals surface area contributed by atoms with E-state index in [2.05, 4.69) is 31.9 Å². The van der Waals surface area contributed by atoms with Gasteiger partial charge in [0.15, 0.2) is 3.42 Å². The van der Waals surface area contributed by atoms with Gasteiger partial charge in [0.05, 0.1) is 72.7 Å². The van der Waals surface area contributed by atoms with Crippen LogP contribution in [0.3, 0.4) is 0 Å². The van der Waals surface area contributed by atoms with Crippen molar-refractivity contribution in [3.05, 3.63) is 0 Å². The first-order valence-corrected chi connectivity index (χ1v) is 8.24. The van der Waals surface area contributed by atoms with E-state index in [1.54, 1.807) is 0 Å². The van der Waals surface area contributed by atoms with E-state index in [9.17, 15) is 5.11 Å². The van der Waals surface area contributed by atoms with E-state index in [-0.39, 0.29) is 13.2 Å². The highest BCUT2D eigenvalue weighted by Crippen LogP contribution is 2.21. The molecule has 0 atom stereocenters. The van der Waals surface area contributed by atoms with Crippen LogP contribution in [-0.4, -0.2) is 86.3 Å². The molecular weight excluding hydrogens is 416 g/mol. The minimum atomic E-state index is -1.17. The van der Waals surface area contributed by atoms with Gasteiger partial charge < -0.3 is 33.9 Å². The third-order valence-corrected chi connectivity index (χ3v) is 2.46. The molecular formula is C12H24Br2O7. The molecule has 7 nitrogen and oxygen atoms in total. The molecule has 0 aliphatic carbocycles. The second-order valence-electron chi connectivity index (χ2n) is 3.89. The molecule has 0 rings (SSSR count). The molecule has 0 saturated heterocycles. The van der Waals surface area contributed by atoms with Gasteiger partial charge in [0.2, 0.25) is 0 Å². The lowest BCUT2D eigenvalue weighted by molar-refractivity contribution is -0.0172. The number of ether oxygens (including phenoxy) is 5. The Kier molecular flexibility index (Phi) is 16.1. The standard InChI is InChI=1S/C12H24Br2O7/c13-12(14,16)11-21-10-9-20-8-7-19-6-5-18-4-3-17-2-1-15/h15-16H,1-11H2. The van der Waals surface area contributed by atoms with Crippen molar-refractivity contribution in [3.8, 4) is 0 Å². The molecule has 0 aliphatic heterocycles. The number of hydrogen-bond acceptors (Lipinski definition) is 7. The van der Waals surface area contributed by atoms with Gasteiger partial charge in [-0.05, 0) is 31.9 Å². The maximum atomic E-state index is 9.24. The Morgan fingerprint density at radius 2 is 0.952 bits per heavy atom. The van der Waals surface area contributed by atoms with Gasteiger partial charge in [-0.3, -0.25) is 0 Å². The Hall–Kier alpha value is 0.680. The molecule has 21 heavy (non-hydrogen) atoms. The van der Waals surface area contributed by atoms with Crippen LogP contribution in [0.4, 0.5) is 0 Å². The molecule has 0 amide bonds. The van der Waals surface area contributed by atoms with Crippen molar-refractivity contribution in [2.75, 3.05) is 72.7 Å². The van der Waals surface area contributed by atoms with E-state index in [4.69, 9.17) is 28.8 Å². The van der Waals surface area contributed by atoms with E-state index in [0.717, 1.165) is 0 Å². The van der Waals surface area contributed by atoms with E-state index >= 15 is 0 Å². The topological polar surface area (TPSA) is 86.6 Å². The van der Waals surface area contributed by atoms with Gasteiger partial charge in [0.25, 0.3) is 0 Å². The molecule has 0 spiro atoms. The van der Waals surface area contributed by atoms with Gasteiger partial charge in [-0.15, -0.1) is 0 Å². The van der Waals surface area contributed by atoms with Crippen LogP contribution in [0, 0.1) is 0 Å². The second kappa shape index (κ2) is 15.6. The zero-order valence-electron chi connectivity index (χ0n) is 12.0. The van der Waals surface area contributed by atoms with Crippen LogP contribution >= 0.6 is 31.9 Å². The third kappa shape index (κ3) is 20.7. The molecule has 0 aromatic heterocycles. The molecule has 0 aliphatic rings. The normalized spacial score (nSPS) is 12.0. The highest BCUT2D eigenvalue weighted by Gasteiger charge is 2.16. The molecule has 0 radical (unpaired) electrons. The third-order valence-electron chi connectivity index (χ3n) is 2.00. The largest absolute Gasteiger partial charge is 0.394 e. The lowest BCUT2D eigenvalue weighted by Gasteiger charge is -2.13.